The van der Waals surface area contributed by atoms with Crippen LogP contribution in [0.15, 0.2) is 11.0 Å². The van der Waals surface area contributed by atoms with Crippen LogP contribution in [0.2, 0.25) is 0 Å². The number of methoxy groups -OCH3 is 3. The molecule has 1 fully saturated rings. The van der Waals surface area contributed by atoms with Gasteiger partial charge in [0.15, 0.2) is 6.23 Å². The van der Waals surface area contributed by atoms with Crippen molar-refractivity contribution < 1.29 is 23.7 Å². The van der Waals surface area contributed by atoms with Gasteiger partial charge in [-0.1, -0.05) is 0 Å². The number of hydrogen-bond donors (Lipinski definition) is 1. The summed E-state index contributed by atoms with van der Waals surface area (Å²) in [6.07, 6.45) is -0.345. The summed E-state index contributed by atoms with van der Waals surface area (Å²) >= 11 is 0. The summed E-state index contributed by atoms with van der Waals surface area (Å²) in [5.41, 5.74) is 5.87. The molecule has 2 rings (SSSR count). The summed E-state index contributed by atoms with van der Waals surface area (Å²) in [7, 11) is 4.73. The fourth-order valence-corrected chi connectivity index (χ4v) is 2.72. The van der Waals surface area contributed by atoms with Crippen molar-refractivity contribution in [1.82, 2.24) is 9.55 Å². The molecule has 0 aromatic carbocycles. The first-order valence-electron chi connectivity index (χ1n) is 7.66. The summed E-state index contributed by atoms with van der Waals surface area (Å²) in [6.45, 7) is 2.85. The predicted molar refractivity (Wildman–Crippen MR) is 85.8 cm³/mol. The van der Waals surface area contributed by atoms with E-state index in [-0.39, 0.29) is 11.9 Å². The van der Waals surface area contributed by atoms with Crippen LogP contribution < -0.4 is 11.4 Å². The molecule has 2 N–H and O–H groups in total. The average Bonchev–Trinajstić information content (AvgIpc) is 2.89. The minimum Gasteiger partial charge on any atom is -0.383 e. The van der Waals surface area contributed by atoms with E-state index in [0.717, 1.165) is 0 Å². The SMILES string of the molecule is COCCOC1[C@@H](OC)[C@@H](COC)O[C@H]1n1cc(C)c(N)nc1=O. The zero-order valence-electron chi connectivity index (χ0n) is 14.4. The van der Waals surface area contributed by atoms with Crippen LogP contribution in [0.25, 0.3) is 0 Å². The van der Waals surface area contributed by atoms with E-state index in [2.05, 4.69) is 4.98 Å². The summed E-state index contributed by atoms with van der Waals surface area (Å²) in [5, 5.41) is 0. The normalized spacial score (nSPS) is 26.8. The summed E-state index contributed by atoms with van der Waals surface area (Å²) in [5.74, 6) is 0.197. The van der Waals surface area contributed by atoms with Gasteiger partial charge >= 0.3 is 5.69 Å². The third-order valence-corrected chi connectivity index (χ3v) is 3.93. The maximum Gasteiger partial charge on any atom is 0.351 e. The Morgan fingerprint density at radius 3 is 2.62 bits per heavy atom. The maximum atomic E-state index is 12.3. The fraction of sp³-hybridized carbons (Fsp3) is 0.733. The zero-order valence-corrected chi connectivity index (χ0v) is 14.4. The predicted octanol–water partition coefficient (Wildman–Crippen LogP) is -0.276. The molecule has 0 saturated carbocycles. The summed E-state index contributed by atoms with van der Waals surface area (Å²) in [6, 6.07) is 0. The molecule has 136 valence electrons. The quantitative estimate of drug-likeness (QED) is 0.643. The van der Waals surface area contributed by atoms with Gasteiger partial charge < -0.3 is 29.4 Å². The molecule has 24 heavy (non-hydrogen) atoms. The van der Waals surface area contributed by atoms with Gasteiger partial charge in [0.05, 0.1) is 19.8 Å². The standard InChI is InChI=1S/C15H25N3O6/c1-9-7-18(15(19)17-13(9)16)14-12(23-6-5-20-2)11(22-4)10(24-14)8-21-3/h7,10-12,14H,5-6,8H2,1-4H3,(H2,16,17,19)/t10-,11+,12?,14-/m1/s1. The number of nitrogens with zero attached hydrogens (tertiary/aromatic N) is 2. The van der Waals surface area contributed by atoms with Gasteiger partial charge in [0, 0.05) is 33.1 Å². The molecule has 0 spiro atoms. The summed E-state index contributed by atoms with van der Waals surface area (Å²) in [4.78, 5) is 16.1. The lowest BCUT2D eigenvalue weighted by molar-refractivity contribution is -0.0851. The topological polar surface area (TPSA) is 107 Å². The second-order valence-corrected chi connectivity index (χ2v) is 5.55. The van der Waals surface area contributed by atoms with Crippen LogP contribution in [0.1, 0.15) is 11.8 Å². The highest BCUT2D eigenvalue weighted by molar-refractivity contribution is 5.35. The highest BCUT2D eigenvalue weighted by Gasteiger charge is 2.47. The second-order valence-electron chi connectivity index (χ2n) is 5.55. The molecule has 2 heterocycles. The van der Waals surface area contributed by atoms with Crippen molar-refractivity contribution in [3.63, 3.8) is 0 Å². The number of rotatable bonds is 8. The van der Waals surface area contributed by atoms with Crippen molar-refractivity contribution in [2.75, 3.05) is 46.9 Å². The Labute approximate surface area is 140 Å². The van der Waals surface area contributed by atoms with Gasteiger partial charge in [-0.3, -0.25) is 4.57 Å². The van der Waals surface area contributed by atoms with Crippen molar-refractivity contribution in [2.24, 2.45) is 0 Å². The monoisotopic (exact) mass is 343 g/mol. The number of aromatic nitrogens is 2. The lowest BCUT2D eigenvalue weighted by Gasteiger charge is -2.24. The zero-order chi connectivity index (χ0) is 17.7. The Morgan fingerprint density at radius 2 is 2.00 bits per heavy atom. The number of hydrogen-bond acceptors (Lipinski definition) is 8. The van der Waals surface area contributed by atoms with E-state index in [4.69, 9.17) is 29.4 Å². The molecule has 0 amide bonds. The van der Waals surface area contributed by atoms with Crippen LogP contribution in [-0.2, 0) is 23.7 Å². The Morgan fingerprint density at radius 1 is 1.25 bits per heavy atom. The van der Waals surface area contributed by atoms with E-state index in [9.17, 15) is 4.79 Å². The molecule has 1 aliphatic heterocycles. The molecule has 0 bridgehead atoms. The molecular weight excluding hydrogens is 318 g/mol. The fourth-order valence-electron chi connectivity index (χ4n) is 2.72. The van der Waals surface area contributed by atoms with Crippen LogP contribution in [0, 0.1) is 6.92 Å². The molecule has 0 aliphatic carbocycles. The minimum atomic E-state index is -0.689. The van der Waals surface area contributed by atoms with Crippen LogP contribution in [0.4, 0.5) is 5.82 Å². The van der Waals surface area contributed by atoms with E-state index >= 15 is 0 Å². The van der Waals surface area contributed by atoms with Gasteiger partial charge in [0.1, 0.15) is 24.1 Å². The molecule has 1 aliphatic rings. The van der Waals surface area contributed by atoms with Gasteiger partial charge in [-0.25, -0.2) is 4.79 Å². The third kappa shape index (κ3) is 3.93. The van der Waals surface area contributed by atoms with Crippen molar-refractivity contribution >= 4 is 5.82 Å². The number of aryl methyl sites for hydroxylation is 1. The number of anilines is 1. The molecule has 9 nitrogen and oxygen atoms in total. The Hall–Kier alpha value is -1.52. The molecule has 9 heteroatoms. The highest BCUT2D eigenvalue weighted by Crippen LogP contribution is 2.33. The van der Waals surface area contributed by atoms with Crippen molar-refractivity contribution in [3.8, 4) is 0 Å². The molecule has 4 atom stereocenters. The first kappa shape index (κ1) is 18.8. The summed E-state index contributed by atoms with van der Waals surface area (Å²) < 4.78 is 29.0. The largest absolute Gasteiger partial charge is 0.383 e. The molecule has 1 aromatic heterocycles. The molecule has 1 aromatic rings. The van der Waals surface area contributed by atoms with E-state index in [0.29, 0.717) is 25.4 Å². The molecule has 0 radical (unpaired) electrons. The smallest absolute Gasteiger partial charge is 0.351 e. The average molecular weight is 343 g/mol. The van der Waals surface area contributed by atoms with Gasteiger partial charge in [-0.15, -0.1) is 0 Å². The van der Waals surface area contributed by atoms with Gasteiger partial charge in [0.25, 0.3) is 0 Å². The third-order valence-electron chi connectivity index (χ3n) is 3.93. The van der Waals surface area contributed by atoms with E-state index in [1.165, 1.54) is 4.57 Å². The van der Waals surface area contributed by atoms with Crippen LogP contribution in [0.3, 0.4) is 0 Å². The number of nitrogens with two attached hydrogens (primary N) is 1. The minimum absolute atomic E-state index is 0.197. The van der Waals surface area contributed by atoms with Gasteiger partial charge in [0.2, 0.25) is 0 Å². The lowest BCUT2D eigenvalue weighted by atomic mass is 10.1. The van der Waals surface area contributed by atoms with Crippen LogP contribution >= 0.6 is 0 Å². The molecular formula is C15H25N3O6. The Balaban J connectivity index is 2.33. The number of ether oxygens (including phenoxy) is 5. The first-order valence-corrected chi connectivity index (χ1v) is 7.66. The lowest BCUT2D eigenvalue weighted by Crippen LogP contribution is -2.40. The van der Waals surface area contributed by atoms with Crippen LogP contribution in [-0.4, -0.2) is 69.0 Å². The van der Waals surface area contributed by atoms with Crippen molar-refractivity contribution in [3.05, 3.63) is 22.2 Å². The Bertz CT molecular complexity index is 593. The Kier molecular flexibility index (Phi) is 6.69. The molecule has 1 unspecified atom stereocenters. The van der Waals surface area contributed by atoms with Gasteiger partial charge in [-0.2, -0.15) is 4.98 Å². The number of nitrogen functional groups attached to an aromatic ring is 1. The molecule has 1 saturated heterocycles. The first-order chi connectivity index (χ1) is 11.5. The maximum absolute atomic E-state index is 12.3. The van der Waals surface area contributed by atoms with Crippen LogP contribution in [0.5, 0.6) is 0 Å². The van der Waals surface area contributed by atoms with E-state index in [1.807, 2.05) is 0 Å². The van der Waals surface area contributed by atoms with Crippen molar-refractivity contribution in [2.45, 2.75) is 31.5 Å². The van der Waals surface area contributed by atoms with Gasteiger partial charge in [-0.05, 0) is 6.92 Å². The van der Waals surface area contributed by atoms with E-state index < -0.39 is 24.1 Å². The second kappa shape index (κ2) is 8.54. The van der Waals surface area contributed by atoms with E-state index in [1.54, 1.807) is 34.4 Å². The highest BCUT2D eigenvalue weighted by atomic mass is 16.6. The van der Waals surface area contributed by atoms with Crippen molar-refractivity contribution in [1.29, 1.82) is 0 Å².